The van der Waals surface area contributed by atoms with Crippen molar-refractivity contribution in [1.82, 2.24) is 0 Å². The van der Waals surface area contributed by atoms with Crippen molar-refractivity contribution in [1.29, 1.82) is 0 Å². The van der Waals surface area contributed by atoms with Crippen molar-refractivity contribution >= 4 is 0 Å². The molecule has 1 aromatic carbocycles. The van der Waals surface area contributed by atoms with Crippen molar-refractivity contribution in [2.75, 3.05) is 13.2 Å². The Balaban J connectivity index is 2.53. The monoisotopic (exact) mass is 345 g/mol. The molecule has 1 atom stereocenters. The molecule has 0 unspecified atom stereocenters. The highest BCUT2D eigenvalue weighted by Crippen LogP contribution is 2.42. The minimum atomic E-state index is -5.14. The van der Waals surface area contributed by atoms with Gasteiger partial charge in [0.15, 0.2) is 0 Å². The van der Waals surface area contributed by atoms with E-state index in [0.29, 0.717) is 12.8 Å². The van der Waals surface area contributed by atoms with Gasteiger partial charge >= 0.3 is 12.4 Å². The number of hydrogen-bond acceptors (Lipinski definition) is 2. The molecule has 0 saturated carbocycles. The van der Waals surface area contributed by atoms with Crippen LogP contribution in [0.2, 0.25) is 0 Å². The highest BCUT2D eigenvalue weighted by Gasteiger charge is 2.42. The van der Waals surface area contributed by atoms with Crippen LogP contribution in [0, 0.1) is 11.7 Å². The molecular weight excluding hydrogens is 331 g/mol. The minimum Gasteiger partial charge on any atom is -0.381 e. The highest BCUT2D eigenvalue weighted by atomic mass is 19.4. The minimum absolute atomic E-state index is 0.0593. The SMILES string of the molecule is N[C@@H](c1c(F)cc(C(F)(F)F)cc1C(F)(F)F)C1CCOCC1. The average Bonchev–Trinajstić information content (AvgIpc) is 2.44. The molecule has 23 heavy (non-hydrogen) atoms. The molecular formula is C14H14F7NO. The third-order valence-corrected chi connectivity index (χ3v) is 3.87. The Labute approximate surface area is 127 Å². The number of hydrogen-bond donors (Lipinski definition) is 1. The van der Waals surface area contributed by atoms with Crippen LogP contribution in [0.1, 0.15) is 35.6 Å². The smallest absolute Gasteiger partial charge is 0.381 e. The van der Waals surface area contributed by atoms with E-state index < -0.39 is 46.8 Å². The third-order valence-electron chi connectivity index (χ3n) is 3.87. The first kappa shape index (κ1) is 18.0. The number of alkyl halides is 6. The van der Waals surface area contributed by atoms with Crippen LogP contribution in [-0.4, -0.2) is 13.2 Å². The zero-order chi connectivity index (χ0) is 17.4. The number of ether oxygens (including phenoxy) is 1. The molecule has 0 aliphatic carbocycles. The van der Waals surface area contributed by atoms with E-state index in [-0.39, 0.29) is 25.3 Å². The van der Waals surface area contributed by atoms with Crippen LogP contribution in [0.4, 0.5) is 30.7 Å². The summed E-state index contributed by atoms with van der Waals surface area (Å²) in [6, 6.07) is -1.38. The Bertz CT molecular complexity index is 561. The van der Waals surface area contributed by atoms with Gasteiger partial charge in [-0.15, -0.1) is 0 Å². The molecule has 1 saturated heterocycles. The lowest BCUT2D eigenvalue weighted by molar-refractivity contribution is -0.144. The van der Waals surface area contributed by atoms with Crippen molar-refractivity contribution < 1.29 is 35.5 Å². The summed E-state index contributed by atoms with van der Waals surface area (Å²) in [4.78, 5) is 0. The molecule has 1 fully saturated rings. The van der Waals surface area contributed by atoms with Crippen molar-refractivity contribution in [2.45, 2.75) is 31.2 Å². The van der Waals surface area contributed by atoms with Gasteiger partial charge in [0.1, 0.15) is 5.82 Å². The molecule has 1 heterocycles. The fourth-order valence-corrected chi connectivity index (χ4v) is 2.67. The second-order valence-corrected chi connectivity index (χ2v) is 5.39. The van der Waals surface area contributed by atoms with Gasteiger partial charge in [0.05, 0.1) is 11.1 Å². The molecule has 0 aromatic heterocycles. The van der Waals surface area contributed by atoms with E-state index in [9.17, 15) is 30.7 Å². The van der Waals surface area contributed by atoms with E-state index in [0.717, 1.165) is 0 Å². The lowest BCUT2D eigenvalue weighted by atomic mass is 9.84. The number of rotatable bonds is 2. The van der Waals surface area contributed by atoms with Crippen LogP contribution in [0.3, 0.4) is 0 Å². The lowest BCUT2D eigenvalue weighted by Gasteiger charge is -2.30. The second kappa shape index (κ2) is 6.27. The second-order valence-electron chi connectivity index (χ2n) is 5.39. The first-order valence-corrected chi connectivity index (χ1v) is 6.83. The van der Waals surface area contributed by atoms with Gasteiger partial charge < -0.3 is 10.5 Å². The largest absolute Gasteiger partial charge is 0.416 e. The molecule has 0 bridgehead atoms. The molecule has 0 amide bonds. The Morgan fingerprint density at radius 3 is 2.04 bits per heavy atom. The Morgan fingerprint density at radius 2 is 1.57 bits per heavy atom. The van der Waals surface area contributed by atoms with E-state index in [1.165, 1.54) is 0 Å². The predicted octanol–water partition coefficient (Wildman–Crippen LogP) is 4.29. The summed E-state index contributed by atoms with van der Waals surface area (Å²) in [6.45, 7) is 0.532. The first-order chi connectivity index (χ1) is 10.5. The first-order valence-electron chi connectivity index (χ1n) is 6.83. The van der Waals surface area contributed by atoms with E-state index in [4.69, 9.17) is 10.5 Å². The Kier molecular flexibility index (Phi) is 4.91. The molecule has 1 aliphatic heterocycles. The fourth-order valence-electron chi connectivity index (χ4n) is 2.67. The van der Waals surface area contributed by atoms with Crippen LogP contribution in [0.15, 0.2) is 12.1 Å². The van der Waals surface area contributed by atoms with E-state index >= 15 is 0 Å². The van der Waals surface area contributed by atoms with Crippen LogP contribution < -0.4 is 5.73 Å². The molecule has 130 valence electrons. The van der Waals surface area contributed by atoms with Gasteiger partial charge in [-0.25, -0.2) is 4.39 Å². The Morgan fingerprint density at radius 1 is 1.00 bits per heavy atom. The quantitative estimate of drug-likeness (QED) is 0.812. The Hall–Kier alpha value is -1.35. The topological polar surface area (TPSA) is 35.2 Å². The highest BCUT2D eigenvalue weighted by molar-refractivity contribution is 5.39. The molecule has 0 radical (unpaired) electrons. The lowest BCUT2D eigenvalue weighted by Crippen LogP contribution is -2.30. The van der Waals surface area contributed by atoms with Gasteiger partial charge in [-0.05, 0) is 30.9 Å². The standard InChI is InChI=1S/C14H14F7NO/c15-10-6-8(13(16,17)18)5-9(14(19,20)21)11(10)12(22)7-1-3-23-4-2-7/h5-7,12H,1-4,22H2/t12-/m1/s1. The third kappa shape index (κ3) is 3.95. The summed E-state index contributed by atoms with van der Waals surface area (Å²) in [5, 5.41) is 0. The fraction of sp³-hybridized carbons (Fsp3) is 0.571. The van der Waals surface area contributed by atoms with Crippen molar-refractivity contribution in [3.63, 3.8) is 0 Å². The number of nitrogens with two attached hydrogens (primary N) is 1. The summed E-state index contributed by atoms with van der Waals surface area (Å²) >= 11 is 0. The molecule has 1 aromatic rings. The van der Waals surface area contributed by atoms with Gasteiger partial charge in [0.25, 0.3) is 0 Å². The van der Waals surface area contributed by atoms with Gasteiger partial charge in [-0.3, -0.25) is 0 Å². The molecule has 9 heteroatoms. The van der Waals surface area contributed by atoms with E-state index in [1.54, 1.807) is 0 Å². The summed E-state index contributed by atoms with van der Waals surface area (Å²) in [6.07, 6.45) is -9.58. The molecule has 1 aliphatic rings. The predicted molar refractivity (Wildman–Crippen MR) is 66.9 cm³/mol. The van der Waals surface area contributed by atoms with Crippen LogP contribution in [0.5, 0.6) is 0 Å². The summed E-state index contributed by atoms with van der Waals surface area (Å²) < 4.78 is 96.4. The number of halogens is 7. The summed E-state index contributed by atoms with van der Waals surface area (Å²) in [5.41, 5.74) is 1.46. The maximum absolute atomic E-state index is 14.1. The van der Waals surface area contributed by atoms with Crippen LogP contribution >= 0.6 is 0 Å². The maximum atomic E-state index is 14.1. The van der Waals surface area contributed by atoms with E-state index in [2.05, 4.69) is 0 Å². The van der Waals surface area contributed by atoms with Gasteiger partial charge in [-0.2, -0.15) is 26.3 Å². The maximum Gasteiger partial charge on any atom is 0.416 e. The normalized spacial score (nSPS) is 19.0. The van der Waals surface area contributed by atoms with Crippen molar-refractivity contribution in [2.24, 2.45) is 11.7 Å². The van der Waals surface area contributed by atoms with Gasteiger partial charge in [0, 0.05) is 24.8 Å². The van der Waals surface area contributed by atoms with Crippen LogP contribution in [-0.2, 0) is 17.1 Å². The zero-order valence-electron chi connectivity index (χ0n) is 11.8. The number of benzene rings is 1. The van der Waals surface area contributed by atoms with Crippen molar-refractivity contribution in [3.8, 4) is 0 Å². The zero-order valence-corrected chi connectivity index (χ0v) is 11.8. The molecule has 2 rings (SSSR count). The molecule has 0 spiro atoms. The van der Waals surface area contributed by atoms with Crippen molar-refractivity contribution in [3.05, 3.63) is 34.6 Å². The average molecular weight is 345 g/mol. The summed E-state index contributed by atoms with van der Waals surface area (Å²) in [5.74, 6) is -2.08. The molecule has 2 nitrogen and oxygen atoms in total. The van der Waals surface area contributed by atoms with Gasteiger partial charge in [-0.1, -0.05) is 0 Å². The summed E-state index contributed by atoms with van der Waals surface area (Å²) in [7, 11) is 0. The molecule has 2 N–H and O–H groups in total. The van der Waals surface area contributed by atoms with Gasteiger partial charge in [0.2, 0.25) is 0 Å². The van der Waals surface area contributed by atoms with Crippen LogP contribution in [0.25, 0.3) is 0 Å². The van der Waals surface area contributed by atoms with E-state index in [1.807, 2.05) is 0 Å².